The Labute approximate surface area is 329 Å². The minimum absolute atomic E-state index is 0.0333. The van der Waals surface area contributed by atoms with Crippen molar-refractivity contribution in [1.82, 2.24) is 25.5 Å². The molecule has 15 heteroatoms. The molecule has 8 atom stereocenters. The van der Waals surface area contributed by atoms with Crippen molar-refractivity contribution in [3.05, 3.63) is 46.3 Å². The molecule has 1 aromatic carbocycles. The van der Waals surface area contributed by atoms with Gasteiger partial charge in [-0.1, -0.05) is 52.3 Å². The molecule has 3 heterocycles. The van der Waals surface area contributed by atoms with Crippen LogP contribution in [0, 0.1) is 23.2 Å². The molecule has 4 aliphatic rings. The topological polar surface area (TPSA) is 169 Å². The summed E-state index contributed by atoms with van der Waals surface area (Å²) in [5, 5.41) is 19.4. The lowest BCUT2D eigenvalue weighted by Gasteiger charge is -2.35. The van der Waals surface area contributed by atoms with Gasteiger partial charge >= 0.3 is 12.1 Å². The van der Waals surface area contributed by atoms with Gasteiger partial charge in [0.1, 0.15) is 52.0 Å². The second-order valence-corrected chi connectivity index (χ2v) is 18.0. The van der Waals surface area contributed by atoms with Gasteiger partial charge in [-0.25, -0.2) is 19.6 Å². The Bertz CT molecular complexity index is 2040. The minimum Gasteiger partial charge on any atom is -0.495 e. The number of rotatable bonds is 12. The minimum atomic E-state index is -1.52. The third-order valence-electron chi connectivity index (χ3n) is 11.4. The van der Waals surface area contributed by atoms with E-state index in [-0.39, 0.29) is 36.4 Å². The number of aromatic nitrogens is 2. The summed E-state index contributed by atoms with van der Waals surface area (Å²) in [5.74, 6) is -0.542. The second-order valence-electron chi connectivity index (χ2n) is 16.7. The Hall–Kier alpha value is -4.43. The molecule has 294 valence electrons. The van der Waals surface area contributed by atoms with Crippen LogP contribution in [-0.4, -0.2) is 87.3 Å². The number of aliphatic carboxylic acids is 1. The Morgan fingerprint density at radius 2 is 1.80 bits per heavy atom. The highest BCUT2D eigenvalue weighted by Gasteiger charge is 2.61. The maximum absolute atomic E-state index is 14.6. The molecule has 1 aliphatic heterocycles. The molecule has 2 aromatic heterocycles. The number of nitrogens with one attached hydrogen (secondary N) is 2. The van der Waals surface area contributed by atoms with E-state index in [9.17, 15) is 24.3 Å². The van der Waals surface area contributed by atoms with E-state index >= 15 is 0 Å². The summed E-state index contributed by atoms with van der Waals surface area (Å²) < 4.78 is 17.9. The number of carboxylic acids is 1. The number of nitrogens with zero attached hydrogens (tertiary/aromatic N) is 3. The van der Waals surface area contributed by atoms with Gasteiger partial charge in [-0.15, -0.1) is 17.9 Å². The van der Waals surface area contributed by atoms with E-state index in [4.69, 9.17) is 35.8 Å². The van der Waals surface area contributed by atoms with Crippen molar-refractivity contribution in [2.45, 2.75) is 102 Å². The fraction of sp³-hybridized carbons (Fsp3) is 0.550. The number of hydrogen-bond acceptors (Lipinski definition) is 10. The average molecular weight is 794 g/mol. The van der Waals surface area contributed by atoms with E-state index in [1.165, 1.54) is 35.8 Å². The van der Waals surface area contributed by atoms with E-state index in [0.717, 1.165) is 17.8 Å². The number of methoxy groups -OCH3 is 1. The molecular formula is C40H48ClN5O8S. The summed E-state index contributed by atoms with van der Waals surface area (Å²) in [6.07, 6.45) is 2.94. The van der Waals surface area contributed by atoms with Crippen LogP contribution in [0.4, 0.5) is 4.79 Å². The molecular weight excluding hydrogens is 746 g/mol. The van der Waals surface area contributed by atoms with Crippen molar-refractivity contribution in [1.29, 1.82) is 0 Å². The van der Waals surface area contributed by atoms with Crippen molar-refractivity contribution in [3.63, 3.8) is 0 Å². The van der Waals surface area contributed by atoms with Gasteiger partial charge in [-0.2, -0.15) is 0 Å². The molecule has 3 saturated carbocycles. The largest absolute Gasteiger partial charge is 0.495 e. The summed E-state index contributed by atoms with van der Waals surface area (Å²) in [6, 6.07) is 3.08. The first-order chi connectivity index (χ1) is 26.0. The number of amides is 3. The Balaban J connectivity index is 1.21. The van der Waals surface area contributed by atoms with Crippen molar-refractivity contribution in [2.75, 3.05) is 13.7 Å². The van der Waals surface area contributed by atoms with Crippen molar-refractivity contribution >= 4 is 57.7 Å². The number of thiazole rings is 1. The van der Waals surface area contributed by atoms with E-state index in [1.54, 1.807) is 18.2 Å². The molecule has 3 amide bonds. The molecule has 55 heavy (non-hydrogen) atoms. The van der Waals surface area contributed by atoms with Crippen molar-refractivity contribution < 1.29 is 38.5 Å². The molecule has 1 saturated heterocycles. The van der Waals surface area contributed by atoms with Crippen molar-refractivity contribution in [2.24, 2.45) is 23.2 Å². The number of likely N-dealkylation sites (tertiary alicyclic amines) is 1. The number of benzene rings is 1. The first-order valence-electron chi connectivity index (χ1n) is 18.8. The zero-order chi connectivity index (χ0) is 39.6. The zero-order valence-corrected chi connectivity index (χ0v) is 33.5. The summed E-state index contributed by atoms with van der Waals surface area (Å²) in [7, 11) is 1.52. The molecule has 4 fully saturated rings. The van der Waals surface area contributed by atoms with E-state index in [0.29, 0.717) is 45.6 Å². The second kappa shape index (κ2) is 14.6. The normalized spacial score (nSPS) is 27.3. The molecule has 0 spiro atoms. The molecule has 3 aliphatic carbocycles. The van der Waals surface area contributed by atoms with Crippen LogP contribution in [0.5, 0.6) is 11.5 Å². The number of pyridine rings is 1. The first-order valence-corrected chi connectivity index (χ1v) is 20.0. The number of carbonyl (C=O) groups excluding carboxylic acids is 3. The van der Waals surface area contributed by atoms with Crippen molar-refractivity contribution in [3.8, 4) is 22.9 Å². The zero-order valence-electron chi connectivity index (χ0n) is 31.9. The van der Waals surface area contributed by atoms with Gasteiger partial charge in [0.15, 0.2) is 0 Å². The van der Waals surface area contributed by atoms with Crippen LogP contribution in [0.2, 0.25) is 5.02 Å². The highest BCUT2D eigenvalue weighted by molar-refractivity contribution is 7.10. The first kappa shape index (κ1) is 38.8. The van der Waals surface area contributed by atoms with Gasteiger partial charge in [-0.3, -0.25) is 9.59 Å². The molecule has 1 unspecified atom stereocenters. The maximum atomic E-state index is 14.6. The fourth-order valence-corrected chi connectivity index (χ4v) is 9.13. The Kier molecular flexibility index (Phi) is 10.3. The number of alkyl carbamates (subject to hydrolysis) is 1. The van der Waals surface area contributed by atoms with Gasteiger partial charge in [0.25, 0.3) is 0 Å². The van der Waals surface area contributed by atoms with Crippen LogP contribution in [0.3, 0.4) is 0 Å². The van der Waals surface area contributed by atoms with Crippen LogP contribution in [0.1, 0.15) is 77.6 Å². The number of hydrogen-bond donors (Lipinski definition) is 3. The number of carboxylic acid groups (broad SMARTS) is 1. The molecule has 0 radical (unpaired) electrons. The predicted molar refractivity (Wildman–Crippen MR) is 207 cm³/mol. The van der Waals surface area contributed by atoms with Gasteiger partial charge in [-0.05, 0) is 55.1 Å². The highest BCUT2D eigenvalue weighted by Crippen LogP contribution is 2.52. The molecule has 0 bridgehead atoms. The van der Waals surface area contributed by atoms with Crippen LogP contribution >= 0.6 is 22.9 Å². The summed E-state index contributed by atoms with van der Waals surface area (Å²) in [6.45, 7) is 13.3. The standard InChI is InChI=1S/C40H48ClN5O8S/c1-8-22-16-40(22,37(49)50)45-34(47)28-14-24(17-46(28)36(48)33(39(4,5)6)44-38(51)54-23-12-20-11-21(20)13-23)53-30-15-26(27-18-55-35(43-27)19(2)3)42-32-25(30)9-10-29(52-7)31(32)41/h8-10,15,18-24,28,33H,1,11-14,16-17H2,2-7H3,(H,44,51)(H,45,47)(H,49,50)/t20-,21+,22-,23?,24-,28+,33-,40-/m1/s1. The fourth-order valence-electron chi connectivity index (χ4n) is 8.01. The monoisotopic (exact) mass is 793 g/mol. The van der Waals surface area contributed by atoms with Crippen LogP contribution in [-0.2, 0) is 19.1 Å². The molecule has 7 rings (SSSR count). The molecule has 3 aromatic rings. The number of carbonyl (C=O) groups is 4. The van der Waals surface area contributed by atoms with E-state index in [1.807, 2.05) is 26.2 Å². The predicted octanol–water partition coefficient (Wildman–Crippen LogP) is 6.58. The van der Waals surface area contributed by atoms with Crippen LogP contribution in [0.25, 0.3) is 22.3 Å². The molecule has 3 N–H and O–H groups in total. The van der Waals surface area contributed by atoms with Gasteiger partial charge in [0.2, 0.25) is 11.8 Å². The SMILES string of the molecule is C=C[C@@H]1C[C@]1(NC(=O)[C@@H]1C[C@@H](Oc2cc(-c3csc(C(C)C)n3)nc3c(Cl)c(OC)ccc23)CN1C(=O)[C@@H](NC(=O)OC1C[C@@H]2C[C@@H]2C1)C(C)(C)C)C(=O)O. The van der Waals surface area contributed by atoms with Gasteiger partial charge < -0.3 is 34.9 Å². The summed E-state index contributed by atoms with van der Waals surface area (Å²) in [5.41, 5.74) is -0.719. The Morgan fingerprint density at radius 1 is 1.07 bits per heavy atom. The van der Waals surface area contributed by atoms with Gasteiger partial charge in [0, 0.05) is 35.1 Å². The number of fused-ring (bicyclic) bond motifs is 2. The summed E-state index contributed by atoms with van der Waals surface area (Å²) >= 11 is 8.33. The highest BCUT2D eigenvalue weighted by atomic mass is 35.5. The lowest BCUT2D eigenvalue weighted by molar-refractivity contribution is -0.146. The van der Waals surface area contributed by atoms with Crippen LogP contribution < -0.4 is 20.1 Å². The summed E-state index contributed by atoms with van der Waals surface area (Å²) in [4.78, 5) is 65.4. The third-order valence-corrected chi connectivity index (χ3v) is 12.9. The maximum Gasteiger partial charge on any atom is 0.408 e. The Morgan fingerprint density at radius 3 is 2.40 bits per heavy atom. The number of ether oxygens (including phenoxy) is 3. The van der Waals surface area contributed by atoms with Crippen LogP contribution in [0.15, 0.2) is 36.2 Å². The molecule has 13 nitrogen and oxygen atoms in total. The quantitative estimate of drug-likeness (QED) is 0.170. The van der Waals surface area contributed by atoms with Gasteiger partial charge in [0.05, 0.1) is 29.9 Å². The third kappa shape index (κ3) is 7.59. The van der Waals surface area contributed by atoms with E-state index < -0.39 is 58.9 Å². The lowest BCUT2D eigenvalue weighted by Crippen LogP contribution is -2.59. The lowest BCUT2D eigenvalue weighted by atomic mass is 9.85. The average Bonchev–Trinajstić information content (AvgIpc) is 3.77. The number of halogens is 1. The smallest absolute Gasteiger partial charge is 0.408 e. The van der Waals surface area contributed by atoms with E-state index in [2.05, 4.69) is 31.1 Å².